The van der Waals surface area contributed by atoms with Crippen molar-refractivity contribution in [2.75, 3.05) is 26.2 Å². The van der Waals surface area contributed by atoms with Crippen molar-refractivity contribution >= 4 is 17.4 Å². The predicted octanol–water partition coefficient (Wildman–Crippen LogP) is 6.27. The number of pyridine rings is 1. The van der Waals surface area contributed by atoms with Crippen molar-refractivity contribution in [2.24, 2.45) is 5.92 Å². The van der Waals surface area contributed by atoms with Gasteiger partial charge in [0.25, 0.3) is 5.56 Å². The quantitative estimate of drug-likeness (QED) is 0.132. The van der Waals surface area contributed by atoms with Crippen LogP contribution in [0.15, 0.2) is 53.0 Å². The minimum atomic E-state index is -1.02. The SMILES string of the molecule is C#C/C(=C\C(=C/C[C@H](CC(=O)OCC)NC(=O)C(CC(C)C)n1cc(CCN2CC(F)C2)cc(F)c1=O)c1c(C)cccc1C)CC. The van der Waals surface area contributed by atoms with Crippen LogP contribution in [0.5, 0.6) is 0 Å². The van der Waals surface area contributed by atoms with Gasteiger partial charge in [-0.25, -0.2) is 8.78 Å². The van der Waals surface area contributed by atoms with Gasteiger partial charge in [0, 0.05) is 37.4 Å². The summed E-state index contributed by atoms with van der Waals surface area (Å²) in [5.74, 6) is 0.817. The van der Waals surface area contributed by atoms with Crippen LogP contribution in [0.4, 0.5) is 8.78 Å². The monoisotopic (exact) mass is 649 g/mol. The molecule has 7 nitrogen and oxygen atoms in total. The molecule has 3 rings (SSSR count). The molecule has 0 aliphatic carbocycles. The van der Waals surface area contributed by atoms with Crippen molar-refractivity contribution < 1.29 is 23.1 Å². The van der Waals surface area contributed by atoms with Gasteiger partial charge in [0.1, 0.15) is 12.2 Å². The van der Waals surface area contributed by atoms with Crippen LogP contribution in [-0.2, 0) is 20.7 Å². The van der Waals surface area contributed by atoms with Crippen LogP contribution in [-0.4, -0.2) is 59.8 Å². The topological polar surface area (TPSA) is 80.6 Å². The largest absolute Gasteiger partial charge is 0.466 e. The molecule has 0 spiro atoms. The Balaban J connectivity index is 1.98. The van der Waals surface area contributed by atoms with Crippen LogP contribution in [0, 0.1) is 37.9 Å². The van der Waals surface area contributed by atoms with E-state index in [1.807, 2.05) is 69.9 Å². The fourth-order valence-electron chi connectivity index (χ4n) is 5.88. The molecule has 0 saturated carbocycles. The van der Waals surface area contributed by atoms with Crippen LogP contribution >= 0.6 is 0 Å². The molecular formula is C38H49F2N3O4. The number of ether oxygens (including phenoxy) is 1. The average molecular weight is 650 g/mol. The Kier molecular flexibility index (Phi) is 14.1. The number of nitrogens with one attached hydrogen (secondary N) is 1. The molecule has 0 bridgehead atoms. The van der Waals surface area contributed by atoms with E-state index >= 15 is 0 Å². The van der Waals surface area contributed by atoms with Crippen molar-refractivity contribution in [1.82, 2.24) is 14.8 Å². The van der Waals surface area contributed by atoms with Gasteiger partial charge in [-0.05, 0) is 92.3 Å². The lowest BCUT2D eigenvalue weighted by Gasteiger charge is -2.34. The molecule has 47 heavy (non-hydrogen) atoms. The van der Waals surface area contributed by atoms with Gasteiger partial charge < -0.3 is 14.6 Å². The number of alkyl halides is 1. The zero-order chi connectivity index (χ0) is 34.7. The highest BCUT2D eigenvalue weighted by Crippen LogP contribution is 2.27. The molecule has 0 radical (unpaired) electrons. The van der Waals surface area contributed by atoms with E-state index in [9.17, 15) is 23.2 Å². The summed E-state index contributed by atoms with van der Waals surface area (Å²) in [4.78, 5) is 41.7. The van der Waals surface area contributed by atoms with Gasteiger partial charge in [-0.3, -0.25) is 19.3 Å². The number of hydrogen-bond donors (Lipinski definition) is 1. The van der Waals surface area contributed by atoms with E-state index in [0.29, 0.717) is 38.0 Å². The Morgan fingerprint density at radius 1 is 1.19 bits per heavy atom. The molecule has 254 valence electrons. The second kappa shape index (κ2) is 17.8. The van der Waals surface area contributed by atoms with Crippen LogP contribution in [0.3, 0.4) is 0 Å². The first-order chi connectivity index (χ1) is 22.4. The van der Waals surface area contributed by atoms with Crippen molar-refractivity contribution in [3.8, 4) is 12.3 Å². The minimum Gasteiger partial charge on any atom is -0.466 e. The number of rotatable bonds is 16. The molecule has 1 aliphatic rings. The van der Waals surface area contributed by atoms with Crippen molar-refractivity contribution in [3.63, 3.8) is 0 Å². The van der Waals surface area contributed by atoms with Crippen LogP contribution in [0.1, 0.15) is 81.7 Å². The van der Waals surface area contributed by atoms with Gasteiger partial charge >= 0.3 is 5.97 Å². The Hall–Kier alpha value is -4.03. The number of benzene rings is 1. The molecule has 1 unspecified atom stereocenters. The molecular weight excluding hydrogens is 600 g/mol. The van der Waals surface area contributed by atoms with Gasteiger partial charge in [-0.2, -0.15) is 0 Å². The average Bonchev–Trinajstić information content (AvgIpc) is 2.99. The molecule has 1 saturated heterocycles. The first-order valence-corrected chi connectivity index (χ1v) is 16.5. The van der Waals surface area contributed by atoms with E-state index < -0.39 is 41.5 Å². The number of likely N-dealkylation sites (tertiary alicyclic amines) is 1. The molecule has 1 aromatic heterocycles. The molecule has 1 fully saturated rings. The summed E-state index contributed by atoms with van der Waals surface area (Å²) in [5, 5.41) is 2.99. The maximum absolute atomic E-state index is 15.0. The van der Waals surface area contributed by atoms with E-state index in [2.05, 4.69) is 11.2 Å². The summed E-state index contributed by atoms with van der Waals surface area (Å²) in [5.41, 5.74) is 4.47. The normalized spacial score (nSPS) is 15.6. The van der Waals surface area contributed by atoms with E-state index in [4.69, 9.17) is 11.2 Å². The Morgan fingerprint density at radius 2 is 1.87 bits per heavy atom. The molecule has 1 aromatic carbocycles. The lowest BCUT2D eigenvalue weighted by molar-refractivity contribution is -0.143. The number of halogens is 2. The maximum Gasteiger partial charge on any atom is 0.307 e. The number of carbonyl (C=O) groups is 2. The molecule has 1 aliphatic heterocycles. The van der Waals surface area contributed by atoms with E-state index in [0.717, 1.165) is 32.4 Å². The number of amides is 1. The number of carbonyl (C=O) groups excluding carboxylic acids is 2. The standard InChI is InChI=1S/C38H49F2N3O4/c1-8-28(9-2)19-30(36-26(6)12-11-13-27(36)7)14-15-32(21-35(44)47-10-3)41-37(45)34(18-25(4)5)43-22-29(20-33(40)38(43)46)16-17-42-23-31(39)24-42/h1,11-14,19-20,22,25,31-32,34H,9-10,15-18,21,23-24H2,2-7H3,(H,41,45)/b28-19+,30-14+/t32-,34?/m1/s1. The van der Waals surface area contributed by atoms with E-state index in [-0.39, 0.29) is 31.8 Å². The second-order valence-corrected chi connectivity index (χ2v) is 12.7. The zero-order valence-electron chi connectivity index (χ0n) is 28.6. The number of allylic oxidation sites excluding steroid dienone is 3. The fourth-order valence-corrected chi connectivity index (χ4v) is 5.88. The zero-order valence-corrected chi connectivity index (χ0v) is 28.6. The van der Waals surface area contributed by atoms with Crippen molar-refractivity contribution in [3.05, 3.63) is 86.6 Å². The fraction of sp³-hybridized carbons (Fsp3) is 0.500. The summed E-state index contributed by atoms with van der Waals surface area (Å²) < 4.78 is 34.7. The summed E-state index contributed by atoms with van der Waals surface area (Å²) in [6.07, 6.45) is 11.9. The third-order valence-corrected chi connectivity index (χ3v) is 8.37. The summed E-state index contributed by atoms with van der Waals surface area (Å²) in [7, 11) is 0. The number of hydrogen-bond acceptors (Lipinski definition) is 5. The Labute approximate surface area is 278 Å². The maximum atomic E-state index is 15.0. The molecule has 9 heteroatoms. The second-order valence-electron chi connectivity index (χ2n) is 12.7. The molecule has 1 N–H and O–H groups in total. The number of esters is 1. The lowest BCUT2D eigenvalue weighted by Crippen LogP contribution is -2.49. The van der Waals surface area contributed by atoms with Crippen molar-refractivity contribution in [2.45, 2.75) is 91.9 Å². The first kappa shape index (κ1) is 37.4. The number of aromatic nitrogens is 1. The van der Waals surface area contributed by atoms with Crippen LogP contribution in [0.2, 0.25) is 0 Å². The minimum absolute atomic E-state index is 0.00709. The Bertz CT molecular complexity index is 1540. The van der Waals surface area contributed by atoms with Gasteiger partial charge in [0.15, 0.2) is 5.82 Å². The first-order valence-electron chi connectivity index (χ1n) is 16.5. The van der Waals surface area contributed by atoms with Gasteiger partial charge in [-0.15, -0.1) is 6.42 Å². The number of nitrogens with zero attached hydrogens (tertiary/aromatic N) is 2. The molecule has 2 atom stereocenters. The number of aryl methyl sites for hydroxylation is 2. The van der Waals surface area contributed by atoms with E-state index in [1.54, 1.807) is 6.92 Å². The lowest BCUT2D eigenvalue weighted by atomic mass is 9.92. The predicted molar refractivity (Wildman–Crippen MR) is 183 cm³/mol. The highest BCUT2D eigenvalue weighted by Gasteiger charge is 2.29. The summed E-state index contributed by atoms with van der Waals surface area (Å²) >= 11 is 0. The Morgan fingerprint density at radius 3 is 2.45 bits per heavy atom. The highest BCUT2D eigenvalue weighted by molar-refractivity contribution is 5.82. The van der Waals surface area contributed by atoms with E-state index in [1.165, 1.54) is 12.3 Å². The third kappa shape index (κ3) is 10.8. The number of terminal acetylenes is 1. The third-order valence-electron chi connectivity index (χ3n) is 8.37. The van der Waals surface area contributed by atoms with Crippen LogP contribution < -0.4 is 10.9 Å². The molecule has 1 amide bonds. The molecule has 2 aromatic rings. The highest BCUT2D eigenvalue weighted by atomic mass is 19.1. The van der Waals surface area contributed by atoms with Crippen molar-refractivity contribution in [1.29, 1.82) is 0 Å². The molecule has 2 heterocycles. The van der Waals surface area contributed by atoms with Gasteiger partial charge in [0.2, 0.25) is 5.91 Å². The van der Waals surface area contributed by atoms with Crippen LogP contribution in [0.25, 0.3) is 5.57 Å². The summed E-state index contributed by atoms with van der Waals surface area (Å²) in [6, 6.07) is 5.52. The van der Waals surface area contributed by atoms with Gasteiger partial charge in [0.05, 0.1) is 13.0 Å². The van der Waals surface area contributed by atoms with Gasteiger partial charge in [-0.1, -0.05) is 51.0 Å². The smallest absolute Gasteiger partial charge is 0.307 e. The summed E-state index contributed by atoms with van der Waals surface area (Å²) in [6.45, 7) is 12.9.